The van der Waals surface area contributed by atoms with Gasteiger partial charge in [-0.2, -0.15) is 4.31 Å². The Hall–Kier alpha value is -3.69. The van der Waals surface area contributed by atoms with Crippen LogP contribution in [-0.4, -0.2) is 44.2 Å². The normalized spacial score (nSPS) is 13.9. The average Bonchev–Trinajstić information content (AvgIpc) is 3.40. The van der Waals surface area contributed by atoms with Gasteiger partial charge < -0.3 is 16.0 Å². The summed E-state index contributed by atoms with van der Waals surface area (Å²) in [6.07, 6.45) is 1.73. The van der Waals surface area contributed by atoms with E-state index in [1.165, 1.54) is 10.4 Å². The Balaban J connectivity index is 1.39. The quantitative estimate of drug-likeness (QED) is 0.457. The van der Waals surface area contributed by atoms with Crippen LogP contribution in [-0.2, 0) is 14.8 Å². The number of nitrogens with zero attached hydrogens (tertiary/aromatic N) is 1. The second-order valence-electron chi connectivity index (χ2n) is 7.91. The van der Waals surface area contributed by atoms with Gasteiger partial charge in [-0.3, -0.25) is 9.59 Å². The molecule has 3 aromatic carbocycles. The topological polar surface area (TPSA) is 108 Å². The van der Waals surface area contributed by atoms with Gasteiger partial charge in [-0.05, 0) is 55.3 Å². The molecular weight excluding hydrogens is 452 g/mol. The zero-order valence-corrected chi connectivity index (χ0v) is 19.3. The molecule has 0 radical (unpaired) electrons. The van der Waals surface area contributed by atoms with Crippen molar-refractivity contribution in [2.45, 2.75) is 17.7 Å². The molecule has 1 saturated heterocycles. The number of hydrogen-bond donors (Lipinski definition) is 3. The molecule has 3 N–H and O–H groups in total. The fraction of sp³-hybridized carbons (Fsp3) is 0.200. The van der Waals surface area contributed by atoms with E-state index in [4.69, 9.17) is 0 Å². The van der Waals surface area contributed by atoms with E-state index in [1.807, 2.05) is 18.2 Å². The summed E-state index contributed by atoms with van der Waals surface area (Å²) >= 11 is 0. The van der Waals surface area contributed by atoms with Crippen LogP contribution in [0.5, 0.6) is 0 Å². The van der Waals surface area contributed by atoms with Gasteiger partial charge in [0.25, 0.3) is 5.91 Å². The first-order valence-electron chi connectivity index (χ1n) is 11.0. The minimum absolute atomic E-state index is 0.0954. The van der Waals surface area contributed by atoms with Crippen LogP contribution in [0.4, 0.5) is 17.1 Å². The molecule has 0 aromatic heterocycles. The van der Waals surface area contributed by atoms with Crippen LogP contribution >= 0.6 is 0 Å². The third kappa shape index (κ3) is 5.62. The highest BCUT2D eigenvalue weighted by Gasteiger charge is 2.27. The maximum atomic E-state index is 12.8. The number of carbonyl (C=O) groups is 2. The van der Waals surface area contributed by atoms with Gasteiger partial charge in [-0.15, -0.1) is 0 Å². The van der Waals surface area contributed by atoms with Crippen molar-refractivity contribution in [3.05, 3.63) is 84.4 Å². The van der Waals surface area contributed by atoms with Gasteiger partial charge in [-0.1, -0.05) is 36.4 Å². The van der Waals surface area contributed by atoms with Gasteiger partial charge >= 0.3 is 0 Å². The molecule has 34 heavy (non-hydrogen) atoms. The summed E-state index contributed by atoms with van der Waals surface area (Å²) in [5.41, 5.74) is 1.89. The first-order valence-corrected chi connectivity index (χ1v) is 12.5. The molecule has 4 rings (SSSR count). The highest BCUT2D eigenvalue weighted by atomic mass is 32.2. The lowest BCUT2D eigenvalue weighted by atomic mass is 10.1. The summed E-state index contributed by atoms with van der Waals surface area (Å²) < 4.78 is 27.0. The third-order valence-corrected chi connectivity index (χ3v) is 7.36. The standard InChI is InChI=1S/C25H26N4O4S/c30-24(18-26-20-11-8-12-21(17-20)34(32,33)29-15-6-7-16-29)28-23-14-5-4-13-22(23)25(31)27-19-9-2-1-3-10-19/h1-5,8-14,17,26H,6-7,15-16,18H2,(H,27,31)(H,28,30). The van der Waals surface area contributed by atoms with E-state index in [-0.39, 0.29) is 23.3 Å². The van der Waals surface area contributed by atoms with E-state index in [0.717, 1.165) is 12.8 Å². The zero-order chi connectivity index (χ0) is 24.0. The van der Waals surface area contributed by atoms with Crippen molar-refractivity contribution < 1.29 is 18.0 Å². The van der Waals surface area contributed by atoms with Crippen LogP contribution in [0.25, 0.3) is 0 Å². The van der Waals surface area contributed by atoms with Crippen molar-refractivity contribution in [2.24, 2.45) is 0 Å². The number of sulfonamides is 1. The second-order valence-corrected chi connectivity index (χ2v) is 9.84. The van der Waals surface area contributed by atoms with E-state index < -0.39 is 10.0 Å². The molecular formula is C25H26N4O4S. The predicted octanol–water partition coefficient (Wildman–Crippen LogP) is 3.77. The van der Waals surface area contributed by atoms with Gasteiger partial charge in [0.15, 0.2) is 0 Å². The molecule has 1 aliphatic rings. The highest BCUT2D eigenvalue weighted by molar-refractivity contribution is 7.89. The predicted molar refractivity (Wildman–Crippen MR) is 132 cm³/mol. The number of rotatable bonds is 8. The van der Waals surface area contributed by atoms with Crippen molar-refractivity contribution in [3.63, 3.8) is 0 Å². The Bertz CT molecular complexity index is 1270. The molecule has 0 saturated carbocycles. The molecule has 176 valence electrons. The molecule has 8 nitrogen and oxygen atoms in total. The van der Waals surface area contributed by atoms with Gasteiger partial charge in [0, 0.05) is 24.5 Å². The van der Waals surface area contributed by atoms with Gasteiger partial charge in [0.1, 0.15) is 0 Å². The highest BCUT2D eigenvalue weighted by Crippen LogP contribution is 2.23. The Morgan fingerprint density at radius 3 is 2.24 bits per heavy atom. The lowest BCUT2D eigenvalue weighted by molar-refractivity contribution is -0.114. The van der Waals surface area contributed by atoms with Crippen LogP contribution in [0.2, 0.25) is 0 Å². The largest absolute Gasteiger partial charge is 0.376 e. The van der Waals surface area contributed by atoms with Gasteiger partial charge in [0.2, 0.25) is 15.9 Å². The lowest BCUT2D eigenvalue weighted by Crippen LogP contribution is -2.28. The number of nitrogens with one attached hydrogen (secondary N) is 3. The number of amides is 2. The fourth-order valence-corrected chi connectivity index (χ4v) is 5.29. The summed E-state index contributed by atoms with van der Waals surface area (Å²) in [4.78, 5) is 25.5. The number of anilines is 3. The summed E-state index contributed by atoms with van der Waals surface area (Å²) in [6.45, 7) is 0.959. The van der Waals surface area contributed by atoms with E-state index in [2.05, 4.69) is 16.0 Å². The van der Waals surface area contributed by atoms with E-state index in [9.17, 15) is 18.0 Å². The smallest absolute Gasteiger partial charge is 0.257 e. The molecule has 2 amide bonds. The SMILES string of the molecule is O=C(CNc1cccc(S(=O)(=O)N2CCCC2)c1)Nc1ccccc1C(=O)Nc1ccccc1. The second kappa shape index (κ2) is 10.5. The summed E-state index contributed by atoms with van der Waals surface area (Å²) in [6, 6.07) is 22.2. The molecule has 3 aromatic rings. The average molecular weight is 479 g/mol. The van der Waals surface area contributed by atoms with Crippen LogP contribution in [0, 0.1) is 0 Å². The van der Waals surface area contributed by atoms with E-state index in [1.54, 1.807) is 54.6 Å². The molecule has 0 unspecified atom stereocenters. The van der Waals surface area contributed by atoms with Crippen molar-refractivity contribution in [1.29, 1.82) is 0 Å². The number of hydrogen-bond acceptors (Lipinski definition) is 5. The van der Waals surface area contributed by atoms with Crippen LogP contribution < -0.4 is 16.0 Å². The Labute approximate surface area is 199 Å². The minimum Gasteiger partial charge on any atom is -0.376 e. The molecule has 0 atom stereocenters. The zero-order valence-electron chi connectivity index (χ0n) is 18.5. The van der Waals surface area contributed by atoms with Crippen LogP contribution in [0.1, 0.15) is 23.2 Å². The van der Waals surface area contributed by atoms with Crippen molar-refractivity contribution in [2.75, 3.05) is 35.6 Å². The first kappa shape index (κ1) is 23.5. The third-order valence-electron chi connectivity index (χ3n) is 5.47. The molecule has 1 heterocycles. The maximum absolute atomic E-state index is 12.8. The number of carbonyl (C=O) groups excluding carboxylic acids is 2. The first-order chi connectivity index (χ1) is 16.4. The summed E-state index contributed by atoms with van der Waals surface area (Å²) in [5, 5.41) is 8.52. The summed E-state index contributed by atoms with van der Waals surface area (Å²) in [5.74, 6) is -0.706. The van der Waals surface area contributed by atoms with Crippen molar-refractivity contribution in [1.82, 2.24) is 4.31 Å². The Morgan fingerprint density at radius 2 is 1.47 bits per heavy atom. The molecule has 0 aliphatic carbocycles. The van der Waals surface area contributed by atoms with Crippen LogP contribution in [0.15, 0.2) is 83.8 Å². The fourth-order valence-electron chi connectivity index (χ4n) is 3.73. The molecule has 1 aliphatic heterocycles. The van der Waals surface area contributed by atoms with Gasteiger partial charge in [-0.25, -0.2) is 8.42 Å². The number of benzene rings is 3. The van der Waals surface area contributed by atoms with Crippen molar-refractivity contribution >= 4 is 38.9 Å². The molecule has 0 bridgehead atoms. The molecule has 0 spiro atoms. The van der Waals surface area contributed by atoms with Crippen LogP contribution in [0.3, 0.4) is 0 Å². The summed E-state index contributed by atoms with van der Waals surface area (Å²) in [7, 11) is -3.54. The molecule has 1 fully saturated rings. The maximum Gasteiger partial charge on any atom is 0.257 e. The van der Waals surface area contributed by atoms with E-state index in [0.29, 0.717) is 35.7 Å². The number of para-hydroxylation sites is 2. The minimum atomic E-state index is -3.54. The molecule has 9 heteroatoms. The van der Waals surface area contributed by atoms with Gasteiger partial charge in [0.05, 0.1) is 22.7 Å². The Morgan fingerprint density at radius 1 is 0.794 bits per heavy atom. The van der Waals surface area contributed by atoms with E-state index >= 15 is 0 Å². The Kier molecular flexibility index (Phi) is 7.24. The van der Waals surface area contributed by atoms with Crippen molar-refractivity contribution in [3.8, 4) is 0 Å². The lowest BCUT2D eigenvalue weighted by Gasteiger charge is -2.16. The monoisotopic (exact) mass is 478 g/mol.